The topological polar surface area (TPSA) is 66.4 Å². The summed E-state index contributed by atoms with van der Waals surface area (Å²) in [6.45, 7) is 3.15. The molecule has 0 bridgehead atoms. The van der Waals surface area contributed by atoms with Crippen molar-refractivity contribution >= 4 is 18.0 Å². The summed E-state index contributed by atoms with van der Waals surface area (Å²) in [5.41, 5.74) is 1.60. The van der Waals surface area contributed by atoms with Crippen LogP contribution in [0.15, 0.2) is 30.0 Å². The molecule has 4 nitrogen and oxygen atoms in total. The molecule has 0 aliphatic carbocycles. The van der Waals surface area contributed by atoms with Crippen molar-refractivity contribution in [2.75, 3.05) is 0 Å². The quantitative estimate of drug-likeness (QED) is 0.758. The summed E-state index contributed by atoms with van der Waals surface area (Å²) in [6, 6.07) is 7.34. The Bertz CT molecular complexity index is 449. The van der Waals surface area contributed by atoms with E-state index in [1.54, 1.807) is 6.07 Å². The highest BCUT2D eigenvalue weighted by molar-refractivity contribution is 5.96. The van der Waals surface area contributed by atoms with E-state index < -0.39 is 11.9 Å². The van der Waals surface area contributed by atoms with Gasteiger partial charge in [-0.25, -0.2) is 4.79 Å². The summed E-state index contributed by atoms with van der Waals surface area (Å²) >= 11 is 0. The van der Waals surface area contributed by atoms with E-state index in [9.17, 15) is 9.59 Å². The largest absolute Gasteiger partial charge is 0.477 e. The van der Waals surface area contributed by atoms with Crippen LogP contribution in [0, 0.1) is 6.92 Å². The number of carbonyl (C=O) groups excluding carboxylic acids is 1. The smallest absolute Gasteiger partial charge is 0.352 e. The van der Waals surface area contributed by atoms with Crippen LogP contribution < -0.4 is 5.32 Å². The summed E-state index contributed by atoms with van der Waals surface area (Å²) < 4.78 is 0. The molecule has 0 aromatic heterocycles. The van der Waals surface area contributed by atoms with E-state index in [2.05, 4.69) is 5.32 Å². The number of hydrogen-bond donors (Lipinski definition) is 2. The van der Waals surface area contributed by atoms with E-state index in [0.29, 0.717) is 0 Å². The first-order valence-electron chi connectivity index (χ1n) is 4.79. The lowest BCUT2D eigenvalue weighted by Crippen LogP contribution is -2.24. The molecule has 0 fully saturated rings. The second-order valence-electron chi connectivity index (χ2n) is 3.40. The number of nitrogens with one attached hydrogen (secondary N) is 1. The number of aryl methyl sites for hydroxylation is 1. The number of rotatable bonds is 3. The number of carbonyl (C=O) groups is 2. The van der Waals surface area contributed by atoms with Gasteiger partial charge in [0.2, 0.25) is 5.91 Å². The van der Waals surface area contributed by atoms with Gasteiger partial charge < -0.3 is 10.4 Å². The third-order valence-corrected chi connectivity index (χ3v) is 2.03. The number of amides is 1. The molecule has 0 spiro atoms. The third kappa shape index (κ3) is 3.24. The van der Waals surface area contributed by atoms with Gasteiger partial charge in [0.1, 0.15) is 5.70 Å². The normalized spacial score (nSPS) is 11.0. The Kier molecular flexibility index (Phi) is 3.83. The molecule has 0 unspecified atom stereocenters. The maximum Gasteiger partial charge on any atom is 0.352 e. The molecule has 0 aliphatic rings. The van der Waals surface area contributed by atoms with Crippen molar-refractivity contribution in [1.82, 2.24) is 5.32 Å². The molecule has 0 aliphatic heterocycles. The molecule has 1 aromatic carbocycles. The van der Waals surface area contributed by atoms with Crippen LogP contribution in [0.4, 0.5) is 0 Å². The van der Waals surface area contributed by atoms with Gasteiger partial charge >= 0.3 is 5.97 Å². The van der Waals surface area contributed by atoms with Gasteiger partial charge in [-0.15, -0.1) is 0 Å². The van der Waals surface area contributed by atoms with Gasteiger partial charge in [-0.2, -0.15) is 0 Å². The van der Waals surface area contributed by atoms with Gasteiger partial charge in [0.15, 0.2) is 0 Å². The Morgan fingerprint density at radius 2 is 1.94 bits per heavy atom. The van der Waals surface area contributed by atoms with Crippen molar-refractivity contribution < 1.29 is 14.7 Å². The van der Waals surface area contributed by atoms with Gasteiger partial charge in [-0.3, -0.25) is 4.79 Å². The zero-order valence-electron chi connectivity index (χ0n) is 9.15. The van der Waals surface area contributed by atoms with Crippen LogP contribution in [0.5, 0.6) is 0 Å². The molecule has 1 rings (SSSR count). The molecular formula is C12H13NO3. The van der Waals surface area contributed by atoms with Crippen LogP contribution in [-0.2, 0) is 9.59 Å². The molecule has 1 aromatic rings. The lowest BCUT2D eigenvalue weighted by molar-refractivity contribution is -0.134. The van der Waals surface area contributed by atoms with Crippen LogP contribution >= 0.6 is 0 Å². The van der Waals surface area contributed by atoms with Crippen molar-refractivity contribution in [3.8, 4) is 0 Å². The lowest BCUT2D eigenvalue weighted by Gasteiger charge is -2.04. The van der Waals surface area contributed by atoms with Gasteiger partial charge in [0, 0.05) is 6.92 Å². The molecule has 0 heterocycles. The highest BCUT2D eigenvalue weighted by Crippen LogP contribution is 2.11. The predicted molar refractivity (Wildman–Crippen MR) is 60.6 cm³/mol. The van der Waals surface area contributed by atoms with E-state index in [-0.39, 0.29) is 5.70 Å². The Labute approximate surface area is 93.6 Å². The van der Waals surface area contributed by atoms with E-state index in [1.807, 2.05) is 25.1 Å². The molecule has 0 radical (unpaired) electrons. The molecule has 16 heavy (non-hydrogen) atoms. The SMILES string of the molecule is CC(=O)N/C(=C/c1ccccc1C)C(=O)O. The maximum absolute atomic E-state index is 10.9. The lowest BCUT2D eigenvalue weighted by atomic mass is 10.1. The van der Waals surface area contributed by atoms with Crippen LogP contribution in [0.3, 0.4) is 0 Å². The Hall–Kier alpha value is -2.10. The molecule has 2 N–H and O–H groups in total. The number of carboxylic acids is 1. The predicted octanol–water partition coefficient (Wildman–Crippen LogP) is 1.56. The zero-order valence-corrected chi connectivity index (χ0v) is 9.15. The second-order valence-corrected chi connectivity index (χ2v) is 3.40. The summed E-state index contributed by atoms with van der Waals surface area (Å²) in [5.74, 6) is -1.55. The van der Waals surface area contributed by atoms with Crippen molar-refractivity contribution in [2.45, 2.75) is 13.8 Å². The Balaban J connectivity index is 3.07. The van der Waals surface area contributed by atoms with Crippen LogP contribution in [-0.4, -0.2) is 17.0 Å². The first-order chi connectivity index (χ1) is 7.50. The van der Waals surface area contributed by atoms with Crippen molar-refractivity contribution in [2.24, 2.45) is 0 Å². The number of hydrogen-bond acceptors (Lipinski definition) is 2. The van der Waals surface area contributed by atoms with Crippen LogP contribution in [0.1, 0.15) is 18.1 Å². The molecular weight excluding hydrogens is 206 g/mol. The second kappa shape index (κ2) is 5.11. The van der Waals surface area contributed by atoms with E-state index >= 15 is 0 Å². The fourth-order valence-corrected chi connectivity index (χ4v) is 1.25. The summed E-state index contributed by atoms with van der Waals surface area (Å²) in [5, 5.41) is 11.2. The van der Waals surface area contributed by atoms with E-state index in [1.165, 1.54) is 13.0 Å². The third-order valence-electron chi connectivity index (χ3n) is 2.03. The first-order valence-corrected chi connectivity index (χ1v) is 4.79. The summed E-state index contributed by atoms with van der Waals surface area (Å²) in [4.78, 5) is 21.7. The maximum atomic E-state index is 10.9. The Morgan fingerprint density at radius 1 is 1.31 bits per heavy atom. The van der Waals surface area contributed by atoms with Gasteiger partial charge in [-0.1, -0.05) is 24.3 Å². The van der Waals surface area contributed by atoms with Crippen LogP contribution in [0.25, 0.3) is 6.08 Å². The number of aliphatic carboxylic acids is 1. The minimum absolute atomic E-state index is 0.123. The summed E-state index contributed by atoms with van der Waals surface area (Å²) in [6.07, 6.45) is 1.44. The summed E-state index contributed by atoms with van der Waals surface area (Å²) in [7, 11) is 0. The molecule has 4 heteroatoms. The molecule has 0 saturated heterocycles. The standard InChI is InChI=1S/C12H13NO3/c1-8-5-3-4-6-10(8)7-11(12(15)16)13-9(2)14/h3-7H,1-2H3,(H,13,14)(H,15,16)/b11-7+. The van der Waals surface area contributed by atoms with Gasteiger partial charge in [0.05, 0.1) is 0 Å². The molecule has 1 amide bonds. The van der Waals surface area contributed by atoms with Crippen molar-refractivity contribution in [1.29, 1.82) is 0 Å². The fraction of sp³-hybridized carbons (Fsp3) is 0.167. The molecule has 0 atom stereocenters. The molecule has 0 saturated carbocycles. The van der Waals surface area contributed by atoms with E-state index in [0.717, 1.165) is 11.1 Å². The fourth-order valence-electron chi connectivity index (χ4n) is 1.25. The highest BCUT2D eigenvalue weighted by Gasteiger charge is 2.09. The zero-order chi connectivity index (χ0) is 12.1. The van der Waals surface area contributed by atoms with Gasteiger partial charge in [-0.05, 0) is 24.1 Å². The minimum atomic E-state index is -1.15. The monoisotopic (exact) mass is 219 g/mol. The minimum Gasteiger partial charge on any atom is -0.477 e. The first kappa shape index (κ1) is 12.0. The van der Waals surface area contributed by atoms with Crippen LogP contribution in [0.2, 0.25) is 0 Å². The molecule has 84 valence electrons. The average Bonchev–Trinajstić information content (AvgIpc) is 2.19. The average molecular weight is 219 g/mol. The Morgan fingerprint density at radius 3 is 2.44 bits per heavy atom. The number of carboxylic acid groups (broad SMARTS) is 1. The van der Waals surface area contributed by atoms with Crippen molar-refractivity contribution in [3.63, 3.8) is 0 Å². The highest BCUT2D eigenvalue weighted by atomic mass is 16.4. The number of benzene rings is 1. The van der Waals surface area contributed by atoms with E-state index in [4.69, 9.17) is 5.11 Å². The van der Waals surface area contributed by atoms with Crippen molar-refractivity contribution in [3.05, 3.63) is 41.1 Å². The van der Waals surface area contributed by atoms with Gasteiger partial charge in [0.25, 0.3) is 0 Å².